The third-order valence-corrected chi connectivity index (χ3v) is 4.63. The van der Waals surface area contributed by atoms with Crippen molar-refractivity contribution in [3.05, 3.63) is 17.0 Å². The molecule has 5 nitrogen and oxygen atoms in total. The van der Waals surface area contributed by atoms with Gasteiger partial charge in [0.1, 0.15) is 0 Å². The summed E-state index contributed by atoms with van der Waals surface area (Å²) in [6.07, 6.45) is 4.46. The molecule has 0 saturated carbocycles. The van der Waals surface area contributed by atoms with Crippen LogP contribution in [0.2, 0.25) is 0 Å². The molecule has 118 valence electrons. The lowest BCUT2D eigenvalue weighted by atomic mass is 10.1. The molecule has 2 unspecified atom stereocenters. The van der Waals surface area contributed by atoms with Gasteiger partial charge in [0.05, 0.1) is 0 Å². The summed E-state index contributed by atoms with van der Waals surface area (Å²) in [7, 11) is 0. The van der Waals surface area contributed by atoms with Crippen LogP contribution in [0.4, 0.5) is 0 Å². The Hall–Kier alpha value is -1.07. The van der Waals surface area contributed by atoms with Crippen LogP contribution in [-0.2, 0) is 13.0 Å². The second-order valence-electron chi connectivity index (χ2n) is 6.30. The number of carbonyl (C=O) groups is 1. The van der Waals surface area contributed by atoms with Gasteiger partial charge in [-0.25, -0.2) is 0 Å². The van der Waals surface area contributed by atoms with Crippen molar-refractivity contribution in [1.82, 2.24) is 20.4 Å². The van der Waals surface area contributed by atoms with Gasteiger partial charge in [-0.05, 0) is 25.7 Å². The van der Waals surface area contributed by atoms with Gasteiger partial charge in [0.15, 0.2) is 5.69 Å². The second-order valence-corrected chi connectivity index (χ2v) is 6.30. The van der Waals surface area contributed by atoms with Gasteiger partial charge in [0.2, 0.25) is 0 Å². The SMILES string of the molecule is CC1CCCC(C)N(C(=O)c2n[nH]c3c2CNCC3)C1.Cl. The first-order chi connectivity index (χ1) is 9.66. The number of hydrogen-bond donors (Lipinski definition) is 2. The average Bonchev–Trinajstić information content (AvgIpc) is 2.80. The topological polar surface area (TPSA) is 61.0 Å². The summed E-state index contributed by atoms with van der Waals surface area (Å²) in [5.74, 6) is 0.684. The van der Waals surface area contributed by atoms with Crippen LogP contribution in [0.25, 0.3) is 0 Å². The van der Waals surface area contributed by atoms with E-state index >= 15 is 0 Å². The number of rotatable bonds is 1. The number of nitrogens with one attached hydrogen (secondary N) is 2. The molecule has 0 bridgehead atoms. The summed E-state index contributed by atoms with van der Waals surface area (Å²) in [6.45, 7) is 6.97. The number of halogens is 1. The van der Waals surface area contributed by atoms with Crippen LogP contribution in [0.5, 0.6) is 0 Å². The van der Waals surface area contributed by atoms with Crippen LogP contribution < -0.4 is 5.32 Å². The van der Waals surface area contributed by atoms with Crippen molar-refractivity contribution >= 4 is 18.3 Å². The van der Waals surface area contributed by atoms with Gasteiger partial charge in [-0.1, -0.05) is 13.3 Å². The largest absolute Gasteiger partial charge is 0.334 e. The molecular formula is C15H25ClN4O. The van der Waals surface area contributed by atoms with E-state index in [2.05, 4.69) is 29.4 Å². The van der Waals surface area contributed by atoms with Crippen molar-refractivity contribution in [1.29, 1.82) is 0 Å². The first-order valence-corrected chi connectivity index (χ1v) is 7.74. The maximum atomic E-state index is 12.9. The maximum Gasteiger partial charge on any atom is 0.274 e. The molecule has 2 aliphatic heterocycles. The Labute approximate surface area is 132 Å². The molecule has 0 radical (unpaired) electrons. The first-order valence-electron chi connectivity index (χ1n) is 7.74. The van der Waals surface area contributed by atoms with Gasteiger partial charge in [-0.2, -0.15) is 5.10 Å². The fourth-order valence-corrected chi connectivity index (χ4v) is 3.35. The van der Waals surface area contributed by atoms with E-state index in [1.807, 2.05) is 4.90 Å². The monoisotopic (exact) mass is 312 g/mol. The van der Waals surface area contributed by atoms with Gasteiger partial charge < -0.3 is 10.2 Å². The molecule has 0 aliphatic carbocycles. The number of carbonyl (C=O) groups excluding carboxylic acids is 1. The van der Waals surface area contributed by atoms with Crippen molar-refractivity contribution in [2.75, 3.05) is 13.1 Å². The molecule has 2 N–H and O–H groups in total. The molecule has 0 aromatic carbocycles. The third kappa shape index (κ3) is 3.24. The number of nitrogens with zero attached hydrogens (tertiary/aromatic N) is 2. The average molecular weight is 313 g/mol. The van der Waals surface area contributed by atoms with Crippen LogP contribution in [0.15, 0.2) is 0 Å². The number of amides is 1. The minimum Gasteiger partial charge on any atom is -0.334 e. The molecule has 1 saturated heterocycles. The van der Waals surface area contributed by atoms with Gasteiger partial charge in [0, 0.05) is 43.4 Å². The van der Waals surface area contributed by atoms with E-state index in [1.54, 1.807) is 0 Å². The van der Waals surface area contributed by atoms with Gasteiger partial charge in [0.25, 0.3) is 5.91 Å². The Morgan fingerprint density at radius 2 is 2.14 bits per heavy atom. The van der Waals surface area contributed by atoms with E-state index in [1.165, 1.54) is 12.8 Å². The predicted molar refractivity (Wildman–Crippen MR) is 84.8 cm³/mol. The Morgan fingerprint density at radius 3 is 2.95 bits per heavy atom. The van der Waals surface area contributed by atoms with Crippen molar-refractivity contribution in [2.45, 2.75) is 52.1 Å². The summed E-state index contributed by atoms with van der Waals surface area (Å²) in [6, 6.07) is 0.316. The van der Waals surface area contributed by atoms with Crippen molar-refractivity contribution in [3.63, 3.8) is 0 Å². The molecule has 1 amide bonds. The van der Waals surface area contributed by atoms with Crippen LogP contribution in [-0.4, -0.2) is 40.1 Å². The normalized spacial score (nSPS) is 25.7. The molecule has 21 heavy (non-hydrogen) atoms. The van der Waals surface area contributed by atoms with Gasteiger partial charge in [-0.3, -0.25) is 9.89 Å². The molecule has 1 aromatic heterocycles. The third-order valence-electron chi connectivity index (χ3n) is 4.63. The van der Waals surface area contributed by atoms with Crippen LogP contribution >= 0.6 is 12.4 Å². The Balaban J connectivity index is 0.00000161. The highest BCUT2D eigenvalue weighted by Gasteiger charge is 2.30. The quantitative estimate of drug-likeness (QED) is 0.835. The molecule has 3 rings (SSSR count). The van der Waals surface area contributed by atoms with Crippen LogP contribution in [0.3, 0.4) is 0 Å². The summed E-state index contributed by atoms with van der Waals surface area (Å²) in [5, 5.41) is 10.7. The van der Waals surface area contributed by atoms with Crippen molar-refractivity contribution < 1.29 is 4.79 Å². The fourth-order valence-electron chi connectivity index (χ4n) is 3.35. The number of hydrogen-bond acceptors (Lipinski definition) is 3. The number of fused-ring (bicyclic) bond motifs is 1. The lowest BCUT2D eigenvalue weighted by molar-refractivity contribution is 0.0670. The van der Waals surface area contributed by atoms with Gasteiger partial charge >= 0.3 is 0 Å². The highest BCUT2D eigenvalue weighted by molar-refractivity contribution is 5.94. The molecule has 2 aliphatic rings. The Bertz CT molecular complexity index is 502. The summed E-state index contributed by atoms with van der Waals surface area (Å²) in [5.41, 5.74) is 2.83. The van der Waals surface area contributed by atoms with E-state index in [0.717, 1.165) is 43.7 Å². The minimum atomic E-state index is 0. The number of likely N-dealkylation sites (tertiary alicyclic amines) is 1. The molecular weight excluding hydrogens is 288 g/mol. The summed E-state index contributed by atoms with van der Waals surface area (Å²) < 4.78 is 0. The zero-order chi connectivity index (χ0) is 14.1. The summed E-state index contributed by atoms with van der Waals surface area (Å²) in [4.78, 5) is 14.9. The molecule has 0 spiro atoms. The van der Waals surface area contributed by atoms with Crippen molar-refractivity contribution in [3.8, 4) is 0 Å². The molecule has 1 fully saturated rings. The molecule has 1 aromatic rings. The lowest BCUT2D eigenvalue weighted by Crippen LogP contribution is -2.40. The zero-order valence-corrected chi connectivity index (χ0v) is 13.6. The van der Waals surface area contributed by atoms with E-state index < -0.39 is 0 Å². The zero-order valence-electron chi connectivity index (χ0n) is 12.8. The fraction of sp³-hybridized carbons (Fsp3) is 0.733. The summed E-state index contributed by atoms with van der Waals surface area (Å²) >= 11 is 0. The second kappa shape index (κ2) is 6.79. The number of aromatic nitrogens is 2. The van der Waals surface area contributed by atoms with Crippen molar-refractivity contribution in [2.24, 2.45) is 5.92 Å². The molecule has 6 heteroatoms. The van der Waals surface area contributed by atoms with E-state index in [4.69, 9.17) is 0 Å². The lowest BCUT2D eigenvalue weighted by Gasteiger charge is -2.28. The first kappa shape index (κ1) is 16.3. The number of H-pyrrole nitrogens is 1. The smallest absolute Gasteiger partial charge is 0.274 e. The maximum absolute atomic E-state index is 12.9. The van der Waals surface area contributed by atoms with Crippen LogP contribution in [0, 0.1) is 5.92 Å². The highest BCUT2D eigenvalue weighted by Crippen LogP contribution is 2.24. The molecule has 3 heterocycles. The molecule has 2 atom stereocenters. The minimum absolute atomic E-state index is 0. The number of aromatic amines is 1. The van der Waals surface area contributed by atoms with E-state index in [9.17, 15) is 4.79 Å². The van der Waals surface area contributed by atoms with Gasteiger partial charge in [-0.15, -0.1) is 12.4 Å². The Morgan fingerprint density at radius 1 is 1.33 bits per heavy atom. The standard InChI is InChI=1S/C15H24N4O.ClH/c1-10-4-3-5-11(2)19(9-10)15(20)14-12-8-16-7-6-13(12)17-18-14;/h10-11,16H,3-9H2,1-2H3,(H,17,18);1H. The van der Waals surface area contributed by atoms with Crippen LogP contribution in [0.1, 0.15) is 54.9 Å². The van der Waals surface area contributed by atoms with E-state index in [-0.39, 0.29) is 18.3 Å². The predicted octanol–water partition coefficient (Wildman–Crippen LogP) is 2.13. The van der Waals surface area contributed by atoms with E-state index in [0.29, 0.717) is 17.7 Å². The Kier molecular flexibility index (Phi) is 5.27. The highest BCUT2D eigenvalue weighted by atomic mass is 35.5.